The summed E-state index contributed by atoms with van der Waals surface area (Å²) in [7, 11) is 0. The third-order valence-corrected chi connectivity index (χ3v) is 4.75. The highest BCUT2D eigenvalue weighted by atomic mass is 32.2. The number of carboxylic acid groups (broad SMARTS) is 1. The molecule has 0 spiro atoms. The van der Waals surface area contributed by atoms with Crippen molar-refractivity contribution in [1.29, 1.82) is 0 Å². The third kappa shape index (κ3) is 4.91. The molecule has 0 bridgehead atoms. The Hall–Kier alpha value is -3.40. The van der Waals surface area contributed by atoms with Crippen LogP contribution in [-0.2, 0) is 4.79 Å². The molecule has 1 aromatic heterocycles. The quantitative estimate of drug-likeness (QED) is 0.552. The Morgan fingerprint density at radius 1 is 1.24 bits per heavy atom. The second-order valence-corrected chi connectivity index (χ2v) is 6.89. The molecular weight excluding hydrogens is 394 g/mol. The van der Waals surface area contributed by atoms with Crippen LogP contribution in [0.4, 0.5) is 5.69 Å². The Kier molecular flexibility index (Phi) is 6.45. The van der Waals surface area contributed by atoms with Crippen molar-refractivity contribution < 1.29 is 19.4 Å². The number of hydrogen-bond acceptors (Lipinski definition) is 8. The molecule has 0 saturated carbocycles. The number of amides is 1. The SMILES string of the molecule is CCOc1ccccc1-n1nnnc1SCC(=O)Nc1ccc(C)cc1C(=O)[O-]. The molecule has 9 nitrogen and oxygen atoms in total. The number of ether oxygens (including phenoxy) is 1. The standard InChI is InChI=1S/C19H19N5O4S/c1-3-28-16-7-5-4-6-15(16)24-19(21-22-23-24)29-11-17(25)20-14-9-8-12(2)10-13(14)18(26)27/h4-10H,3,11H2,1-2H3,(H,20,25)(H,26,27)/p-1. The lowest BCUT2D eigenvalue weighted by Crippen LogP contribution is -2.25. The van der Waals surface area contributed by atoms with Crippen molar-refractivity contribution in [2.24, 2.45) is 0 Å². The number of aryl methyl sites for hydroxylation is 1. The molecule has 1 heterocycles. The van der Waals surface area contributed by atoms with E-state index < -0.39 is 11.9 Å². The fourth-order valence-electron chi connectivity index (χ4n) is 2.58. The van der Waals surface area contributed by atoms with Crippen LogP contribution in [0.15, 0.2) is 47.6 Å². The van der Waals surface area contributed by atoms with E-state index in [1.54, 1.807) is 19.1 Å². The summed E-state index contributed by atoms with van der Waals surface area (Å²) in [6.07, 6.45) is 0. The predicted octanol–water partition coefficient (Wildman–Crippen LogP) is 1.46. The molecule has 3 rings (SSSR count). The summed E-state index contributed by atoms with van der Waals surface area (Å²) in [5.74, 6) is -1.15. The Balaban J connectivity index is 1.72. The lowest BCUT2D eigenvalue weighted by atomic mass is 10.1. The van der Waals surface area contributed by atoms with Gasteiger partial charge in [-0.1, -0.05) is 35.5 Å². The number of nitrogens with one attached hydrogen (secondary N) is 1. The van der Waals surface area contributed by atoms with Crippen LogP contribution in [-0.4, -0.2) is 44.4 Å². The van der Waals surface area contributed by atoms with Gasteiger partial charge in [-0.05, 0) is 48.5 Å². The lowest BCUT2D eigenvalue weighted by molar-refractivity contribution is -0.254. The summed E-state index contributed by atoms with van der Waals surface area (Å²) in [4.78, 5) is 23.6. The van der Waals surface area contributed by atoms with Crippen molar-refractivity contribution in [3.8, 4) is 11.4 Å². The van der Waals surface area contributed by atoms with E-state index >= 15 is 0 Å². The van der Waals surface area contributed by atoms with Gasteiger partial charge in [0.15, 0.2) is 0 Å². The van der Waals surface area contributed by atoms with Crippen LogP contribution >= 0.6 is 11.8 Å². The smallest absolute Gasteiger partial charge is 0.234 e. The van der Waals surface area contributed by atoms with Crippen molar-refractivity contribution in [3.63, 3.8) is 0 Å². The number of para-hydroxylation sites is 2. The maximum absolute atomic E-state index is 12.3. The molecular formula is C19H18N5O4S-. The number of rotatable bonds is 8. The zero-order valence-corrected chi connectivity index (χ0v) is 16.6. The van der Waals surface area contributed by atoms with Crippen LogP contribution in [0.1, 0.15) is 22.8 Å². The number of anilines is 1. The minimum atomic E-state index is -1.35. The van der Waals surface area contributed by atoms with E-state index in [1.807, 2.05) is 25.1 Å². The van der Waals surface area contributed by atoms with Crippen molar-refractivity contribution in [2.45, 2.75) is 19.0 Å². The largest absolute Gasteiger partial charge is 0.545 e. The average Bonchev–Trinajstić information content (AvgIpc) is 3.17. The van der Waals surface area contributed by atoms with E-state index in [-0.39, 0.29) is 17.0 Å². The van der Waals surface area contributed by atoms with Crippen LogP contribution in [0.5, 0.6) is 5.75 Å². The Labute approximate surface area is 171 Å². The number of benzene rings is 2. The molecule has 2 aromatic carbocycles. The summed E-state index contributed by atoms with van der Waals surface area (Å²) < 4.78 is 7.09. The number of aromatic carboxylic acids is 1. The van der Waals surface area contributed by atoms with E-state index in [0.717, 1.165) is 17.3 Å². The number of hydrogen-bond donors (Lipinski definition) is 1. The number of carbonyl (C=O) groups is 2. The number of nitrogens with zero attached hydrogens (tertiary/aromatic N) is 4. The van der Waals surface area contributed by atoms with Gasteiger partial charge >= 0.3 is 0 Å². The number of tetrazole rings is 1. The first-order valence-electron chi connectivity index (χ1n) is 8.74. The summed E-state index contributed by atoms with van der Waals surface area (Å²) >= 11 is 1.12. The van der Waals surface area contributed by atoms with Crippen LogP contribution in [0.25, 0.3) is 5.69 Å². The van der Waals surface area contributed by atoms with E-state index in [0.29, 0.717) is 23.2 Å². The molecule has 0 atom stereocenters. The Morgan fingerprint density at radius 3 is 2.79 bits per heavy atom. The topological polar surface area (TPSA) is 122 Å². The molecule has 0 aliphatic rings. The summed E-state index contributed by atoms with van der Waals surface area (Å²) in [5, 5.41) is 25.9. The minimum absolute atomic E-state index is 0.0163. The van der Waals surface area contributed by atoms with Crippen LogP contribution in [0, 0.1) is 6.92 Å². The van der Waals surface area contributed by atoms with E-state index in [9.17, 15) is 14.7 Å². The van der Waals surface area contributed by atoms with Gasteiger partial charge in [-0.25, -0.2) is 0 Å². The van der Waals surface area contributed by atoms with Gasteiger partial charge < -0.3 is 20.0 Å². The van der Waals surface area contributed by atoms with E-state index in [4.69, 9.17) is 4.74 Å². The molecule has 1 amide bonds. The summed E-state index contributed by atoms with van der Waals surface area (Å²) in [6.45, 7) is 4.12. The highest BCUT2D eigenvalue weighted by Crippen LogP contribution is 2.26. The lowest BCUT2D eigenvalue weighted by Gasteiger charge is -2.13. The van der Waals surface area contributed by atoms with Gasteiger partial charge in [0.1, 0.15) is 11.4 Å². The van der Waals surface area contributed by atoms with Gasteiger partial charge in [-0.15, -0.1) is 5.10 Å². The highest BCUT2D eigenvalue weighted by molar-refractivity contribution is 7.99. The monoisotopic (exact) mass is 412 g/mol. The first-order chi connectivity index (χ1) is 14.0. The average molecular weight is 412 g/mol. The number of aromatic nitrogens is 4. The molecule has 0 aliphatic heterocycles. The van der Waals surface area contributed by atoms with Crippen molar-refractivity contribution >= 4 is 29.3 Å². The Bertz CT molecular complexity index is 1040. The molecule has 3 aromatic rings. The second kappa shape index (κ2) is 9.20. The molecule has 0 radical (unpaired) electrons. The Morgan fingerprint density at radius 2 is 2.03 bits per heavy atom. The zero-order chi connectivity index (χ0) is 20.8. The molecule has 0 aliphatic carbocycles. The van der Waals surface area contributed by atoms with Crippen LogP contribution < -0.4 is 15.2 Å². The van der Waals surface area contributed by atoms with Gasteiger partial charge in [0.2, 0.25) is 11.1 Å². The molecule has 0 saturated heterocycles. The number of carboxylic acids is 1. The number of thioether (sulfide) groups is 1. The van der Waals surface area contributed by atoms with Gasteiger partial charge in [-0.2, -0.15) is 4.68 Å². The maximum atomic E-state index is 12.3. The second-order valence-electron chi connectivity index (χ2n) is 5.95. The van der Waals surface area contributed by atoms with Crippen molar-refractivity contribution in [3.05, 3.63) is 53.6 Å². The van der Waals surface area contributed by atoms with Crippen LogP contribution in [0.2, 0.25) is 0 Å². The minimum Gasteiger partial charge on any atom is -0.545 e. The normalized spacial score (nSPS) is 10.6. The molecule has 0 unspecified atom stereocenters. The summed E-state index contributed by atoms with van der Waals surface area (Å²) in [5.41, 5.74) is 1.52. The molecule has 150 valence electrons. The zero-order valence-electron chi connectivity index (χ0n) is 15.8. The van der Waals surface area contributed by atoms with E-state index in [2.05, 4.69) is 20.8 Å². The first kappa shape index (κ1) is 20.3. The first-order valence-corrected chi connectivity index (χ1v) is 9.73. The fourth-order valence-corrected chi connectivity index (χ4v) is 3.27. The molecule has 0 fully saturated rings. The van der Waals surface area contributed by atoms with Gasteiger partial charge in [-0.3, -0.25) is 4.79 Å². The summed E-state index contributed by atoms with van der Waals surface area (Å²) in [6, 6.07) is 12.0. The van der Waals surface area contributed by atoms with E-state index in [1.165, 1.54) is 16.8 Å². The molecule has 29 heavy (non-hydrogen) atoms. The molecule has 1 N–H and O–H groups in total. The maximum Gasteiger partial charge on any atom is 0.234 e. The van der Waals surface area contributed by atoms with Crippen LogP contribution in [0.3, 0.4) is 0 Å². The predicted molar refractivity (Wildman–Crippen MR) is 105 cm³/mol. The number of carbonyl (C=O) groups excluding carboxylic acids is 2. The highest BCUT2D eigenvalue weighted by Gasteiger charge is 2.15. The fraction of sp³-hybridized carbons (Fsp3) is 0.211. The van der Waals surface area contributed by atoms with Gasteiger partial charge in [0.25, 0.3) is 0 Å². The van der Waals surface area contributed by atoms with Gasteiger partial charge in [0.05, 0.1) is 18.3 Å². The molecule has 10 heteroatoms. The van der Waals surface area contributed by atoms with Gasteiger partial charge in [0, 0.05) is 11.3 Å². The van der Waals surface area contributed by atoms with Crippen molar-refractivity contribution in [1.82, 2.24) is 20.2 Å². The van der Waals surface area contributed by atoms with Crippen molar-refractivity contribution in [2.75, 3.05) is 17.7 Å². The third-order valence-electron chi connectivity index (χ3n) is 3.84.